The molecule has 3 atom stereocenters. The summed E-state index contributed by atoms with van der Waals surface area (Å²) in [6, 6.07) is 12.9. The van der Waals surface area contributed by atoms with Gasteiger partial charge in [0.05, 0.1) is 17.7 Å². The lowest BCUT2D eigenvalue weighted by atomic mass is 10.0. The average molecular weight is 270 g/mol. The monoisotopic (exact) mass is 270 g/mol. The summed E-state index contributed by atoms with van der Waals surface area (Å²) in [4.78, 5) is 4.76. The third kappa shape index (κ3) is 2.84. The quantitative estimate of drug-likeness (QED) is 0.927. The van der Waals surface area contributed by atoms with E-state index in [1.54, 1.807) is 0 Å². The first-order valence-electron chi connectivity index (χ1n) is 7.43. The standard InChI is InChI=1S/C17H22N2O/c1-12-7-10-17(20-12)16(18-2)11-14-9-8-13-5-3-4-6-15(13)19-14/h3-6,8-9,12,16-18H,7,10-11H2,1-2H3. The number of ether oxygens (including phenoxy) is 1. The minimum atomic E-state index is 0.309. The van der Waals surface area contributed by atoms with E-state index in [1.165, 1.54) is 5.39 Å². The minimum Gasteiger partial charge on any atom is -0.374 e. The number of aromatic nitrogens is 1. The van der Waals surface area contributed by atoms with Crippen LogP contribution in [0.4, 0.5) is 0 Å². The molecule has 1 fully saturated rings. The van der Waals surface area contributed by atoms with E-state index in [0.717, 1.165) is 30.5 Å². The summed E-state index contributed by atoms with van der Waals surface area (Å²) in [6.45, 7) is 2.15. The van der Waals surface area contributed by atoms with Crippen LogP contribution in [0.1, 0.15) is 25.5 Å². The number of para-hydroxylation sites is 1. The summed E-state index contributed by atoms with van der Waals surface area (Å²) in [5.41, 5.74) is 2.20. The second kappa shape index (κ2) is 5.90. The van der Waals surface area contributed by atoms with Gasteiger partial charge in [0.15, 0.2) is 0 Å². The number of hydrogen-bond donors (Lipinski definition) is 1. The van der Waals surface area contributed by atoms with Gasteiger partial charge < -0.3 is 10.1 Å². The first-order valence-corrected chi connectivity index (χ1v) is 7.43. The zero-order valence-corrected chi connectivity index (χ0v) is 12.2. The van der Waals surface area contributed by atoms with E-state index in [9.17, 15) is 0 Å². The molecule has 1 aromatic carbocycles. The molecule has 0 amide bonds. The molecule has 2 aromatic rings. The molecule has 1 aliphatic rings. The molecule has 1 aromatic heterocycles. The van der Waals surface area contributed by atoms with E-state index in [4.69, 9.17) is 9.72 Å². The molecule has 3 unspecified atom stereocenters. The number of fused-ring (bicyclic) bond motifs is 1. The summed E-state index contributed by atoms with van der Waals surface area (Å²) in [5, 5.41) is 4.59. The molecule has 0 aliphatic carbocycles. The van der Waals surface area contributed by atoms with Crippen LogP contribution in [-0.2, 0) is 11.2 Å². The SMILES string of the molecule is CNC(Cc1ccc2ccccc2n1)C1CCC(C)O1. The summed E-state index contributed by atoms with van der Waals surface area (Å²) >= 11 is 0. The average Bonchev–Trinajstić information content (AvgIpc) is 2.91. The van der Waals surface area contributed by atoms with Gasteiger partial charge in [0.25, 0.3) is 0 Å². The van der Waals surface area contributed by atoms with E-state index in [1.807, 2.05) is 19.2 Å². The van der Waals surface area contributed by atoms with Gasteiger partial charge in [0.1, 0.15) is 0 Å². The fraction of sp³-hybridized carbons (Fsp3) is 0.471. The number of rotatable bonds is 4. The number of pyridine rings is 1. The van der Waals surface area contributed by atoms with Crippen LogP contribution in [-0.4, -0.2) is 30.3 Å². The maximum Gasteiger partial charge on any atom is 0.0736 e. The molecule has 3 heteroatoms. The summed E-state index contributed by atoms with van der Waals surface area (Å²) in [6.07, 6.45) is 3.91. The van der Waals surface area contributed by atoms with Crippen molar-refractivity contribution in [3.05, 3.63) is 42.1 Å². The van der Waals surface area contributed by atoms with Crippen molar-refractivity contribution < 1.29 is 4.74 Å². The molecule has 3 nitrogen and oxygen atoms in total. The van der Waals surface area contributed by atoms with Crippen LogP contribution >= 0.6 is 0 Å². The molecular weight excluding hydrogens is 248 g/mol. The van der Waals surface area contributed by atoms with E-state index < -0.39 is 0 Å². The Hall–Kier alpha value is -1.45. The van der Waals surface area contributed by atoms with Crippen molar-refractivity contribution in [1.82, 2.24) is 10.3 Å². The van der Waals surface area contributed by atoms with Gasteiger partial charge in [-0.3, -0.25) is 4.98 Å². The summed E-state index contributed by atoms with van der Waals surface area (Å²) < 4.78 is 5.98. The molecule has 106 valence electrons. The Morgan fingerprint density at radius 2 is 2.10 bits per heavy atom. The van der Waals surface area contributed by atoms with Gasteiger partial charge >= 0.3 is 0 Å². The topological polar surface area (TPSA) is 34.2 Å². The molecule has 1 saturated heterocycles. The molecule has 0 saturated carbocycles. The highest BCUT2D eigenvalue weighted by atomic mass is 16.5. The maximum absolute atomic E-state index is 5.98. The predicted octanol–water partition coefficient (Wildman–Crippen LogP) is 2.93. The first kappa shape index (κ1) is 13.5. The van der Waals surface area contributed by atoms with Crippen LogP contribution in [0.25, 0.3) is 10.9 Å². The fourth-order valence-corrected chi connectivity index (χ4v) is 3.00. The van der Waals surface area contributed by atoms with Gasteiger partial charge in [-0.15, -0.1) is 0 Å². The lowest BCUT2D eigenvalue weighted by Gasteiger charge is -2.23. The van der Waals surface area contributed by atoms with Crippen LogP contribution in [0.3, 0.4) is 0 Å². The smallest absolute Gasteiger partial charge is 0.0736 e. The molecule has 0 bridgehead atoms. The van der Waals surface area contributed by atoms with Gasteiger partial charge in [-0.1, -0.05) is 24.3 Å². The van der Waals surface area contributed by atoms with Crippen LogP contribution < -0.4 is 5.32 Å². The summed E-state index contributed by atoms with van der Waals surface area (Å²) in [7, 11) is 2.01. The second-order valence-corrected chi connectivity index (χ2v) is 5.66. The Labute approximate surface area is 120 Å². The molecule has 0 spiro atoms. The molecule has 20 heavy (non-hydrogen) atoms. The zero-order valence-electron chi connectivity index (χ0n) is 12.2. The van der Waals surface area contributed by atoms with Crippen molar-refractivity contribution in [2.45, 2.75) is 44.4 Å². The van der Waals surface area contributed by atoms with Crippen molar-refractivity contribution in [3.8, 4) is 0 Å². The highest BCUT2D eigenvalue weighted by Gasteiger charge is 2.28. The predicted molar refractivity (Wildman–Crippen MR) is 81.9 cm³/mol. The molecular formula is C17H22N2O. The first-order chi connectivity index (χ1) is 9.76. The number of likely N-dealkylation sites (N-methyl/N-ethyl adjacent to an activating group) is 1. The Morgan fingerprint density at radius 3 is 2.85 bits per heavy atom. The highest BCUT2D eigenvalue weighted by Crippen LogP contribution is 2.23. The van der Waals surface area contributed by atoms with Crippen molar-refractivity contribution in [1.29, 1.82) is 0 Å². The lowest BCUT2D eigenvalue weighted by molar-refractivity contribution is 0.0335. The van der Waals surface area contributed by atoms with Gasteiger partial charge in [-0.2, -0.15) is 0 Å². The third-order valence-electron chi connectivity index (χ3n) is 4.17. The van der Waals surface area contributed by atoms with Crippen LogP contribution in [0.2, 0.25) is 0 Å². The van der Waals surface area contributed by atoms with E-state index in [2.05, 4.69) is 36.5 Å². The van der Waals surface area contributed by atoms with Crippen molar-refractivity contribution in [3.63, 3.8) is 0 Å². The van der Waals surface area contributed by atoms with Gasteiger partial charge in [-0.25, -0.2) is 0 Å². The van der Waals surface area contributed by atoms with Crippen LogP contribution in [0.15, 0.2) is 36.4 Å². The van der Waals surface area contributed by atoms with Gasteiger partial charge in [-0.05, 0) is 38.9 Å². The number of hydrogen-bond acceptors (Lipinski definition) is 3. The molecule has 2 heterocycles. The van der Waals surface area contributed by atoms with E-state index in [0.29, 0.717) is 18.2 Å². The number of nitrogens with one attached hydrogen (secondary N) is 1. The van der Waals surface area contributed by atoms with Gasteiger partial charge in [0.2, 0.25) is 0 Å². The third-order valence-corrected chi connectivity index (χ3v) is 4.17. The Bertz CT molecular complexity index is 584. The Morgan fingerprint density at radius 1 is 1.25 bits per heavy atom. The van der Waals surface area contributed by atoms with Crippen molar-refractivity contribution in [2.24, 2.45) is 0 Å². The number of nitrogens with zero attached hydrogens (tertiary/aromatic N) is 1. The minimum absolute atomic E-state index is 0.309. The Balaban J connectivity index is 1.76. The van der Waals surface area contributed by atoms with Crippen molar-refractivity contribution >= 4 is 10.9 Å². The van der Waals surface area contributed by atoms with Crippen molar-refractivity contribution in [2.75, 3.05) is 7.05 Å². The van der Waals surface area contributed by atoms with E-state index in [-0.39, 0.29) is 0 Å². The molecule has 3 rings (SSSR count). The second-order valence-electron chi connectivity index (χ2n) is 5.66. The normalized spacial score (nSPS) is 24.1. The highest BCUT2D eigenvalue weighted by molar-refractivity contribution is 5.78. The zero-order chi connectivity index (χ0) is 13.9. The molecule has 1 aliphatic heterocycles. The number of benzene rings is 1. The van der Waals surface area contributed by atoms with Crippen LogP contribution in [0, 0.1) is 0 Å². The Kier molecular flexibility index (Phi) is 3.99. The lowest BCUT2D eigenvalue weighted by Crippen LogP contribution is -2.39. The molecule has 0 radical (unpaired) electrons. The summed E-state index contributed by atoms with van der Waals surface area (Å²) in [5.74, 6) is 0. The van der Waals surface area contributed by atoms with Gasteiger partial charge in [0, 0.05) is 23.5 Å². The molecule has 1 N–H and O–H groups in total. The van der Waals surface area contributed by atoms with E-state index >= 15 is 0 Å². The fourth-order valence-electron chi connectivity index (χ4n) is 3.00. The van der Waals surface area contributed by atoms with Crippen LogP contribution in [0.5, 0.6) is 0 Å². The maximum atomic E-state index is 5.98. The largest absolute Gasteiger partial charge is 0.374 e.